The van der Waals surface area contributed by atoms with Gasteiger partial charge in [0.05, 0.1) is 37.0 Å². The van der Waals surface area contributed by atoms with E-state index in [9.17, 15) is 33.0 Å². The van der Waals surface area contributed by atoms with Crippen LogP contribution in [0.1, 0.15) is 84.1 Å². The topological polar surface area (TPSA) is 181 Å². The molecular weight excluding hydrogens is 727 g/mol. The molecule has 308 valence electrons. The van der Waals surface area contributed by atoms with E-state index in [4.69, 9.17) is 14.2 Å². The summed E-state index contributed by atoms with van der Waals surface area (Å²) >= 11 is 0. The Kier molecular flexibility index (Phi) is 17.3. The lowest BCUT2D eigenvalue weighted by molar-refractivity contribution is -0.201. The molecule has 2 aliphatic rings. The van der Waals surface area contributed by atoms with Gasteiger partial charge >= 0.3 is 5.97 Å². The van der Waals surface area contributed by atoms with Crippen LogP contribution in [0.5, 0.6) is 0 Å². The third-order valence-electron chi connectivity index (χ3n) is 10.9. The minimum absolute atomic E-state index is 0.0581. The first kappa shape index (κ1) is 44.6. The highest BCUT2D eigenvalue weighted by Crippen LogP contribution is 2.29. The number of carbonyl (C=O) groups excluding carboxylic acids is 3. The summed E-state index contributed by atoms with van der Waals surface area (Å²) in [5.41, 5.74) is 0.766. The van der Waals surface area contributed by atoms with Gasteiger partial charge in [0.25, 0.3) is 0 Å². The second kappa shape index (κ2) is 21.4. The fourth-order valence-electron chi connectivity index (χ4n) is 7.90. The minimum Gasteiger partial charge on any atom is -0.432 e. The molecule has 0 spiro atoms. The van der Waals surface area contributed by atoms with Gasteiger partial charge in [0.1, 0.15) is 17.9 Å². The number of methoxy groups -OCH3 is 1. The zero-order valence-electron chi connectivity index (χ0n) is 33.0. The Morgan fingerprint density at radius 2 is 1.69 bits per heavy atom. The number of esters is 1. The Morgan fingerprint density at radius 1 is 1.00 bits per heavy atom. The van der Waals surface area contributed by atoms with Crippen molar-refractivity contribution in [3.05, 3.63) is 48.0 Å². The van der Waals surface area contributed by atoms with Crippen molar-refractivity contribution in [3.8, 4) is 0 Å². The molecule has 1 heterocycles. The average Bonchev–Trinajstić information content (AvgIpc) is 3.15. The van der Waals surface area contributed by atoms with Crippen molar-refractivity contribution >= 4 is 38.4 Å². The Balaban J connectivity index is 1.59. The zero-order valence-corrected chi connectivity index (χ0v) is 33.9. The molecule has 0 radical (unpaired) electrons. The molecule has 2 fully saturated rings. The normalized spacial score (nSPS) is 19.7. The lowest BCUT2D eigenvalue weighted by atomic mass is 9.83. The van der Waals surface area contributed by atoms with Crippen molar-refractivity contribution in [1.29, 1.82) is 0 Å². The third kappa shape index (κ3) is 14.1. The monoisotopic (exact) mass is 789 g/mol. The van der Waals surface area contributed by atoms with Gasteiger partial charge in [-0.1, -0.05) is 94.3 Å². The van der Waals surface area contributed by atoms with Crippen LogP contribution in [0.25, 0.3) is 10.8 Å². The van der Waals surface area contributed by atoms with Crippen molar-refractivity contribution in [2.45, 2.75) is 115 Å². The number of hydrogen-bond acceptors (Lipinski definition) is 11. The predicted octanol–water partition coefficient (Wildman–Crippen LogP) is 3.52. The zero-order chi connectivity index (χ0) is 40.0. The van der Waals surface area contributed by atoms with Crippen LogP contribution in [0.15, 0.2) is 42.5 Å². The van der Waals surface area contributed by atoms with Gasteiger partial charge in [-0.15, -0.1) is 0 Å². The van der Waals surface area contributed by atoms with Gasteiger partial charge in [-0.25, -0.2) is 8.42 Å². The van der Waals surface area contributed by atoms with Crippen LogP contribution in [0, 0.1) is 11.8 Å². The second-order valence-corrected chi connectivity index (χ2v) is 17.7. The number of aliphatic hydroxyl groups excluding tert-OH is 2. The van der Waals surface area contributed by atoms with Gasteiger partial charge in [0, 0.05) is 40.6 Å². The summed E-state index contributed by atoms with van der Waals surface area (Å²) in [5, 5.41) is 30.5. The maximum atomic E-state index is 14.3. The highest BCUT2D eigenvalue weighted by atomic mass is 32.2. The van der Waals surface area contributed by atoms with E-state index in [1.54, 1.807) is 0 Å². The largest absolute Gasteiger partial charge is 0.432 e. The SMILES string of the molecule is CCCC[C@H](NC(=O)C(Cc1cccc2ccccc12)CS(=O)(=O)CC(C)(OC)OC(C)=O)C(=O)N[C@@H](CC1CCCCC1)[C@@H](O)[C@@H](O)CN1CCOCC1. The van der Waals surface area contributed by atoms with Crippen LogP contribution in [-0.4, -0.2) is 123 Å². The van der Waals surface area contributed by atoms with Crippen molar-refractivity contribution in [3.63, 3.8) is 0 Å². The van der Waals surface area contributed by atoms with Crippen LogP contribution in [0.3, 0.4) is 0 Å². The summed E-state index contributed by atoms with van der Waals surface area (Å²) in [6.45, 7) is 7.09. The van der Waals surface area contributed by atoms with E-state index in [1.165, 1.54) is 14.0 Å². The first-order chi connectivity index (χ1) is 26.2. The molecule has 14 heteroatoms. The maximum absolute atomic E-state index is 14.3. The Hall–Kier alpha value is -3.14. The predicted molar refractivity (Wildman–Crippen MR) is 211 cm³/mol. The molecule has 0 aromatic heterocycles. The van der Waals surface area contributed by atoms with Crippen LogP contribution in [-0.2, 0) is 44.9 Å². The number of nitrogens with zero attached hydrogens (tertiary/aromatic N) is 1. The van der Waals surface area contributed by atoms with E-state index in [0.29, 0.717) is 45.6 Å². The van der Waals surface area contributed by atoms with Crippen LogP contribution >= 0.6 is 0 Å². The molecule has 1 saturated heterocycles. The Bertz CT molecular complexity index is 1640. The van der Waals surface area contributed by atoms with Crippen molar-refractivity contribution in [1.82, 2.24) is 15.5 Å². The Morgan fingerprint density at radius 3 is 2.36 bits per heavy atom. The second-order valence-electron chi connectivity index (χ2n) is 15.6. The van der Waals surface area contributed by atoms with E-state index in [2.05, 4.69) is 10.6 Å². The van der Waals surface area contributed by atoms with E-state index >= 15 is 0 Å². The molecule has 0 bridgehead atoms. The number of amides is 2. The summed E-state index contributed by atoms with van der Waals surface area (Å²) in [6, 6.07) is 11.5. The molecule has 13 nitrogen and oxygen atoms in total. The van der Waals surface area contributed by atoms with Crippen LogP contribution in [0.4, 0.5) is 0 Å². The Labute approximate surface area is 326 Å². The number of sulfone groups is 1. The molecule has 6 atom stereocenters. The first-order valence-corrected chi connectivity index (χ1v) is 21.7. The number of hydrogen-bond donors (Lipinski definition) is 4. The van der Waals surface area contributed by atoms with Crippen molar-refractivity contribution < 1.29 is 47.2 Å². The smallest absolute Gasteiger partial charge is 0.305 e. The maximum Gasteiger partial charge on any atom is 0.305 e. The van der Waals surface area contributed by atoms with Gasteiger partial charge in [-0.05, 0) is 41.5 Å². The van der Waals surface area contributed by atoms with Gasteiger partial charge in [-0.3, -0.25) is 19.3 Å². The number of unbranched alkanes of at least 4 members (excludes halogenated alkanes) is 1. The average molecular weight is 790 g/mol. The number of ether oxygens (including phenoxy) is 3. The number of fused-ring (bicyclic) bond motifs is 1. The molecule has 2 amide bonds. The molecular formula is C41H63N3O10S. The van der Waals surface area contributed by atoms with Crippen molar-refractivity contribution in [2.75, 3.05) is 51.5 Å². The molecule has 2 aromatic carbocycles. The highest BCUT2D eigenvalue weighted by molar-refractivity contribution is 7.91. The molecule has 1 saturated carbocycles. The number of morpholine rings is 1. The summed E-state index contributed by atoms with van der Waals surface area (Å²) in [4.78, 5) is 42.4. The van der Waals surface area contributed by atoms with Gasteiger partial charge in [0.15, 0.2) is 9.84 Å². The number of aliphatic hydroxyl groups is 2. The van der Waals surface area contributed by atoms with Crippen LogP contribution < -0.4 is 10.6 Å². The minimum atomic E-state index is -4.09. The fraction of sp³-hybridized carbons (Fsp3) is 0.683. The molecule has 4 N–H and O–H groups in total. The lowest BCUT2D eigenvalue weighted by Crippen LogP contribution is -2.57. The number of rotatable bonds is 21. The highest BCUT2D eigenvalue weighted by Gasteiger charge is 2.38. The lowest BCUT2D eigenvalue weighted by Gasteiger charge is -2.35. The molecule has 1 aliphatic carbocycles. The number of β-amino-alcohol motifs (C(OH)–C–C–N with tert-alkyl or cyclic N) is 1. The number of nitrogens with one attached hydrogen (secondary N) is 2. The standard InChI is InChI=1S/C41H63N3O10S/c1-5-6-19-35(40(49)43-36(24-30-13-8-7-9-14-30)38(47)37(46)26-44-20-22-53-23-21-44)42-39(48)33(25-32-17-12-16-31-15-10-11-18-34(31)32)27-55(50,51)28-41(3,52-4)54-29(2)45/h10-12,15-18,30,33,35-38,46-47H,5-9,13-14,19-28H2,1-4H3,(H,42,48)(H,43,49)/t33?,35-,36-,37-,38+,41?/m0/s1. The van der Waals surface area contributed by atoms with Crippen LogP contribution in [0.2, 0.25) is 0 Å². The summed E-state index contributed by atoms with van der Waals surface area (Å²) in [7, 11) is -2.85. The van der Waals surface area contributed by atoms with Gasteiger partial charge in [0.2, 0.25) is 17.6 Å². The van der Waals surface area contributed by atoms with E-state index in [-0.39, 0.29) is 18.9 Å². The quantitative estimate of drug-likeness (QED) is 0.107. The first-order valence-electron chi connectivity index (χ1n) is 19.9. The summed E-state index contributed by atoms with van der Waals surface area (Å²) < 4.78 is 43.5. The number of benzene rings is 2. The molecule has 1 aliphatic heterocycles. The summed E-state index contributed by atoms with van der Waals surface area (Å²) in [6.07, 6.45) is 5.05. The molecule has 4 rings (SSSR count). The summed E-state index contributed by atoms with van der Waals surface area (Å²) in [5.74, 6) is -5.71. The number of carbonyl (C=O) groups is 3. The van der Waals surface area contributed by atoms with E-state index < -0.39 is 75.1 Å². The molecule has 2 unspecified atom stereocenters. The van der Waals surface area contributed by atoms with Gasteiger partial charge < -0.3 is 35.1 Å². The van der Waals surface area contributed by atoms with Gasteiger partial charge in [-0.2, -0.15) is 0 Å². The molecule has 55 heavy (non-hydrogen) atoms. The fourth-order valence-corrected chi connectivity index (χ4v) is 9.88. The molecule has 2 aromatic rings. The third-order valence-corrected chi connectivity index (χ3v) is 12.8. The van der Waals surface area contributed by atoms with Crippen molar-refractivity contribution in [2.24, 2.45) is 11.8 Å². The van der Waals surface area contributed by atoms with E-state index in [1.807, 2.05) is 54.3 Å². The van der Waals surface area contributed by atoms with E-state index in [0.717, 1.165) is 61.8 Å².